The van der Waals surface area contributed by atoms with E-state index in [0.717, 1.165) is 32.9 Å². The fraction of sp³-hybridized carbons (Fsp3) is 0.296. The number of nitrogens with one attached hydrogen (secondary N) is 1. The first kappa shape index (κ1) is 23.8. The summed E-state index contributed by atoms with van der Waals surface area (Å²) in [4.78, 5) is 33.0. The van der Waals surface area contributed by atoms with Crippen LogP contribution in [0.2, 0.25) is 0 Å². The topological polar surface area (TPSA) is 66.7 Å². The fourth-order valence-corrected chi connectivity index (χ4v) is 5.13. The largest absolute Gasteiger partial charge is 0.337 e. The van der Waals surface area contributed by atoms with Gasteiger partial charge in [0, 0.05) is 40.4 Å². The van der Waals surface area contributed by atoms with Crippen LogP contribution in [0, 0.1) is 6.92 Å². The maximum absolute atomic E-state index is 13.2. The number of benzene rings is 2. The number of aliphatic imine (C=N–C) groups is 1. The third-order valence-corrected chi connectivity index (χ3v) is 6.47. The van der Waals surface area contributed by atoms with Gasteiger partial charge >= 0.3 is 0 Å². The van der Waals surface area contributed by atoms with Crippen LogP contribution in [0.25, 0.3) is 17.0 Å². The number of para-hydroxylation sites is 1. The zero-order chi connectivity index (χ0) is 24.4. The molecule has 1 aliphatic heterocycles. The smallest absolute Gasteiger partial charge is 0.266 e. The van der Waals surface area contributed by atoms with Gasteiger partial charge in [0.05, 0.1) is 4.91 Å². The number of carbonyl (C=O) groups excluding carboxylic acids is 2. The van der Waals surface area contributed by atoms with Crippen molar-refractivity contribution in [1.82, 2.24) is 9.47 Å². The molecule has 2 aromatic carbocycles. The molecule has 1 fully saturated rings. The van der Waals surface area contributed by atoms with Crippen LogP contribution in [0.15, 0.2) is 64.6 Å². The van der Waals surface area contributed by atoms with Crippen LogP contribution in [0.3, 0.4) is 0 Å². The Morgan fingerprint density at radius 2 is 1.79 bits per heavy atom. The monoisotopic (exact) mass is 474 g/mol. The SMILES string of the molecule is Cc1ccc(NC(=O)Cn2cc(/C=C3/SC(=NC(C)C)N(C(C)C)C3=O)c3ccccc32)cc1. The molecule has 2 heterocycles. The Morgan fingerprint density at radius 3 is 2.47 bits per heavy atom. The standard InChI is InChI=1S/C27H30N4O2S/c1-17(2)28-27-31(18(3)4)26(33)24(34-27)14-20-15-30(23-9-7-6-8-22(20)23)16-25(32)29-21-12-10-19(5)11-13-21/h6-15,17-18H,16H2,1-5H3,(H,29,32)/b24-14+,28-27?. The number of fused-ring (bicyclic) bond motifs is 1. The third kappa shape index (κ3) is 5.09. The summed E-state index contributed by atoms with van der Waals surface area (Å²) in [7, 11) is 0. The van der Waals surface area contributed by atoms with E-state index in [2.05, 4.69) is 10.3 Å². The molecule has 0 bridgehead atoms. The van der Waals surface area contributed by atoms with E-state index in [0.29, 0.717) is 4.91 Å². The van der Waals surface area contributed by atoms with E-state index in [1.807, 2.05) is 100.0 Å². The molecule has 1 aromatic heterocycles. The van der Waals surface area contributed by atoms with Crippen molar-refractivity contribution in [3.05, 3.63) is 70.8 Å². The Balaban J connectivity index is 1.64. The number of nitrogens with zero attached hydrogens (tertiary/aromatic N) is 3. The molecule has 3 aromatic rings. The summed E-state index contributed by atoms with van der Waals surface area (Å²) in [6.07, 6.45) is 3.86. The van der Waals surface area contributed by atoms with Gasteiger partial charge in [0.15, 0.2) is 5.17 Å². The average Bonchev–Trinajstić information content (AvgIpc) is 3.27. The molecule has 0 atom stereocenters. The quantitative estimate of drug-likeness (QED) is 0.468. The minimum absolute atomic E-state index is 0.0233. The summed E-state index contributed by atoms with van der Waals surface area (Å²) in [6, 6.07) is 15.8. The van der Waals surface area contributed by atoms with Crippen LogP contribution < -0.4 is 5.32 Å². The molecule has 1 N–H and O–H groups in total. The number of rotatable bonds is 6. The maximum Gasteiger partial charge on any atom is 0.266 e. The van der Waals surface area contributed by atoms with Gasteiger partial charge in [-0.2, -0.15) is 0 Å². The second-order valence-corrected chi connectivity index (χ2v) is 10.0. The van der Waals surface area contributed by atoms with E-state index in [4.69, 9.17) is 0 Å². The number of aromatic nitrogens is 1. The van der Waals surface area contributed by atoms with Crippen LogP contribution in [-0.4, -0.2) is 38.5 Å². The first-order valence-corrected chi connectivity index (χ1v) is 12.3. The van der Waals surface area contributed by atoms with Crippen LogP contribution in [0.1, 0.15) is 38.8 Å². The average molecular weight is 475 g/mol. The molecule has 0 saturated carbocycles. The summed E-state index contributed by atoms with van der Waals surface area (Å²) >= 11 is 1.41. The molecule has 0 radical (unpaired) electrons. The van der Waals surface area contributed by atoms with Crippen molar-refractivity contribution in [2.24, 2.45) is 4.99 Å². The molecule has 4 rings (SSSR count). The van der Waals surface area contributed by atoms with E-state index >= 15 is 0 Å². The zero-order valence-electron chi connectivity index (χ0n) is 20.2. The van der Waals surface area contributed by atoms with Crippen LogP contribution in [-0.2, 0) is 16.1 Å². The van der Waals surface area contributed by atoms with Gasteiger partial charge in [-0.3, -0.25) is 19.5 Å². The lowest BCUT2D eigenvalue weighted by Crippen LogP contribution is -2.35. The molecule has 1 aliphatic rings. The molecule has 2 amide bonds. The Bertz CT molecular complexity index is 1290. The molecule has 0 aliphatic carbocycles. The lowest BCUT2D eigenvalue weighted by molar-refractivity contribution is -0.123. The number of aryl methyl sites for hydroxylation is 1. The minimum atomic E-state index is -0.104. The van der Waals surface area contributed by atoms with Gasteiger partial charge in [0.1, 0.15) is 6.54 Å². The van der Waals surface area contributed by atoms with Gasteiger partial charge in [-0.05, 0) is 70.7 Å². The summed E-state index contributed by atoms with van der Waals surface area (Å²) in [5.41, 5.74) is 3.77. The van der Waals surface area contributed by atoms with Crippen molar-refractivity contribution >= 4 is 51.4 Å². The summed E-state index contributed by atoms with van der Waals surface area (Å²) < 4.78 is 1.93. The van der Waals surface area contributed by atoms with Crippen molar-refractivity contribution in [1.29, 1.82) is 0 Å². The van der Waals surface area contributed by atoms with Gasteiger partial charge in [0.25, 0.3) is 5.91 Å². The summed E-state index contributed by atoms with van der Waals surface area (Å²) in [5, 5.41) is 4.69. The normalized spacial score (nSPS) is 16.6. The zero-order valence-corrected chi connectivity index (χ0v) is 21.0. The highest BCUT2D eigenvalue weighted by molar-refractivity contribution is 8.18. The Hall–Kier alpha value is -3.32. The van der Waals surface area contributed by atoms with Crippen LogP contribution >= 0.6 is 11.8 Å². The van der Waals surface area contributed by atoms with Crippen LogP contribution in [0.4, 0.5) is 5.69 Å². The van der Waals surface area contributed by atoms with Crippen molar-refractivity contribution in [2.45, 2.75) is 53.2 Å². The summed E-state index contributed by atoms with van der Waals surface area (Å²) in [5.74, 6) is -0.138. The van der Waals surface area contributed by atoms with Gasteiger partial charge in [0.2, 0.25) is 5.91 Å². The van der Waals surface area contributed by atoms with E-state index in [9.17, 15) is 9.59 Å². The Labute approximate surface area is 204 Å². The number of amides is 2. The van der Waals surface area contributed by atoms with Crippen molar-refractivity contribution < 1.29 is 9.59 Å². The molecule has 7 heteroatoms. The minimum Gasteiger partial charge on any atom is -0.337 e. The van der Waals surface area contributed by atoms with E-state index in [1.165, 1.54) is 11.8 Å². The second-order valence-electron chi connectivity index (χ2n) is 9.03. The highest BCUT2D eigenvalue weighted by Crippen LogP contribution is 2.35. The van der Waals surface area contributed by atoms with Gasteiger partial charge in [-0.1, -0.05) is 35.9 Å². The first-order valence-electron chi connectivity index (χ1n) is 11.5. The number of hydrogen-bond acceptors (Lipinski definition) is 4. The molecule has 6 nitrogen and oxygen atoms in total. The lowest BCUT2D eigenvalue weighted by Gasteiger charge is -2.20. The molecule has 34 heavy (non-hydrogen) atoms. The van der Waals surface area contributed by atoms with Crippen molar-refractivity contribution in [2.75, 3.05) is 5.32 Å². The number of carbonyl (C=O) groups is 2. The van der Waals surface area contributed by atoms with Crippen LogP contribution in [0.5, 0.6) is 0 Å². The second kappa shape index (κ2) is 9.89. The van der Waals surface area contributed by atoms with Gasteiger partial charge < -0.3 is 9.88 Å². The molecular formula is C27H30N4O2S. The third-order valence-electron chi connectivity index (χ3n) is 5.48. The maximum atomic E-state index is 13.2. The predicted octanol–water partition coefficient (Wildman–Crippen LogP) is 5.68. The molecular weight excluding hydrogens is 444 g/mol. The molecule has 1 saturated heterocycles. The fourth-order valence-electron chi connectivity index (χ4n) is 3.91. The number of amidine groups is 1. The van der Waals surface area contributed by atoms with Gasteiger partial charge in [-0.25, -0.2) is 0 Å². The van der Waals surface area contributed by atoms with Crippen molar-refractivity contribution in [3.8, 4) is 0 Å². The lowest BCUT2D eigenvalue weighted by atomic mass is 10.1. The van der Waals surface area contributed by atoms with Crippen molar-refractivity contribution in [3.63, 3.8) is 0 Å². The van der Waals surface area contributed by atoms with Gasteiger partial charge in [-0.15, -0.1) is 0 Å². The summed E-state index contributed by atoms with van der Waals surface area (Å²) in [6.45, 7) is 10.2. The first-order chi connectivity index (χ1) is 16.2. The van der Waals surface area contributed by atoms with E-state index < -0.39 is 0 Å². The van der Waals surface area contributed by atoms with E-state index in [1.54, 1.807) is 4.90 Å². The highest BCUT2D eigenvalue weighted by atomic mass is 32.2. The number of thioether (sulfide) groups is 1. The molecule has 0 unspecified atom stereocenters. The highest BCUT2D eigenvalue weighted by Gasteiger charge is 2.35. The Morgan fingerprint density at radius 1 is 1.09 bits per heavy atom. The molecule has 0 spiro atoms. The predicted molar refractivity (Wildman–Crippen MR) is 142 cm³/mol. The molecule has 176 valence electrons. The number of hydrogen-bond donors (Lipinski definition) is 1. The Kier molecular flexibility index (Phi) is 6.93. The van der Waals surface area contributed by atoms with E-state index in [-0.39, 0.29) is 30.4 Å². The number of anilines is 1.